The van der Waals surface area contributed by atoms with Crippen LogP contribution in [0.4, 0.5) is 0 Å². The lowest BCUT2D eigenvalue weighted by Gasteiger charge is -2.11. The summed E-state index contributed by atoms with van der Waals surface area (Å²) in [5.41, 5.74) is -0.527. The molecule has 114 valence electrons. The number of carbonyl (C=O) groups excluding carboxylic acids is 2. The Morgan fingerprint density at radius 3 is 1.81 bits per heavy atom. The van der Waals surface area contributed by atoms with E-state index in [4.69, 9.17) is 14.3 Å². The normalized spacial score (nSPS) is 10.2. The van der Waals surface area contributed by atoms with E-state index in [1.165, 1.54) is 0 Å². The molecule has 0 aliphatic rings. The van der Waals surface area contributed by atoms with Crippen molar-refractivity contribution in [3.05, 3.63) is 30.3 Å². The zero-order valence-corrected chi connectivity index (χ0v) is 12.5. The van der Waals surface area contributed by atoms with Crippen molar-refractivity contribution < 1.29 is 23.9 Å². The number of benzene rings is 1. The molecule has 0 saturated heterocycles. The molecule has 0 bridgehead atoms. The van der Waals surface area contributed by atoms with Gasteiger partial charge in [-0.25, -0.2) is 9.59 Å². The highest BCUT2D eigenvalue weighted by Gasteiger charge is 2.27. The monoisotopic (exact) mass is 293 g/mol. The van der Waals surface area contributed by atoms with Crippen molar-refractivity contribution in [1.82, 2.24) is 0 Å². The van der Waals surface area contributed by atoms with Crippen LogP contribution < -0.4 is 4.84 Å². The molecule has 0 amide bonds. The van der Waals surface area contributed by atoms with Gasteiger partial charge in [0.25, 0.3) is 5.71 Å². The van der Waals surface area contributed by atoms with Gasteiger partial charge >= 0.3 is 11.9 Å². The maximum atomic E-state index is 11.9. The van der Waals surface area contributed by atoms with Gasteiger partial charge in [-0.3, -0.25) is 0 Å². The molecule has 0 aliphatic carbocycles. The minimum Gasteiger partial charge on any atom is -0.458 e. The van der Waals surface area contributed by atoms with E-state index in [-0.39, 0.29) is 12.2 Å². The third kappa shape index (κ3) is 6.07. The van der Waals surface area contributed by atoms with Gasteiger partial charge in [-0.1, -0.05) is 23.4 Å². The van der Waals surface area contributed by atoms with Crippen LogP contribution in [0.2, 0.25) is 0 Å². The molecule has 1 aromatic rings. The van der Waals surface area contributed by atoms with Crippen LogP contribution in [0.3, 0.4) is 0 Å². The Bertz CT molecular complexity index is 484. The molecule has 0 N–H and O–H groups in total. The first kappa shape index (κ1) is 16.7. The highest BCUT2D eigenvalue weighted by Crippen LogP contribution is 2.09. The van der Waals surface area contributed by atoms with Gasteiger partial charge in [0.1, 0.15) is 0 Å². The summed E-state index contributed by atoms with van der Waals surface area (Å²) in [6.45, 7) is 6.67. The molecule has 0 heterocycles. The Labute approximate surface area is 123 Å². The summed E-state index contributed by atoms with van der Waals surface area (Å²) in [6.07, 6.45) is -0.766. The van der Waals surface area contributed by atoms with E-state index in [2.05, 4.69) is 5.16 Å². The van der Waals surface area contributed by atoms with Crippen molar-refractivity contribution in [1.29, 1.82) is 0 Å². The fourth-order valence-electron chi connectivity index (χ4n) is 1.28. The number of carbonyl (C=O) groups is 2. The Hall–Kier alpha value is -2.37. The molecule has 0 atom stereocenters. The highest BCUT2D eigenvalue weighted by atomic mass is 16.6. The third-order valence-electron chi connectivity index (χ3n) is 2.06. The van der Waals surface area contributed by atoms with E-state index in [1.54, 1.807) is 58.0 Å². The van der Waals surface area contributed by atoms with Gasteiger partial charge in [0, 0.05) is 0 Å². The molecular weight excluding hydrogens is 274 g/mol. The smallest absolute Gasteiger partial charge is 0.368 e. The summed E-state index contributed by atoms with van der Waals surface area (Å²) < 4.78 is 9.91. The number of oxime groups is 1. The van der Waals surface area contributed by atoms with Crippen LogP contribution in [-0.2, 0) is 19.1 Å². The summed E-state index contributed by atoms with van der Waals surface area (Å²) in [5.74, 6) is -1.37. The van der Waals surface area contributed by atoms with Crippen molar-refractivity contribution in [2.24, 2.45) is 5.16 Å². The first-order chi connectivity index (χ1) is 9.90. The number of ether oxygens (including phenoxy) is 2. The topological polar surface area (TPSA) is 74.2 Å². The van der Waals surface area contributed by atoms with E-state index in [0.717, 1.165) is 0 Å². The molecule has 0 unspecified atom stereocenters. The third-order valence-corrected chi connectivity index (χ3v) is 2.06. The van der Waals surface area contributed by atoms with Gasteiger partial charge in [-0.05, 0) is 39.8 Å². The predicted octanol–water partition coefficient (Wildman–Crippen LogP) is 2.32. The number of esters is 2. The van der Waals surface area contributed by atoms with Gasteiger partial charge in [0.2, 0.25) is 0 Å². The molecular formula is C15H19NO5. The zero-order chi connectivity index (χ0) is 15.8. The van der Waals surface area contributed by atoms with Crippen molar-refractivity contribution in [3.8, 4) is 5.75 Å². The molecule has 0 fully saturated rings. The van der Waals surface area contributed by atoms with Gasteiger partial charge in [0.05, 0.1) is 12.2 Å². The van der Waals surface area contributed by atoms with Crippen molar-refractivity contribution >= 4 is 17.7 Å². The molecule has 0 saturated carbocycles. The van der Waals surface area contributed by atoms with E-state index in [0.29, 0.717) is 5.75 Å². The van der Waals surface area contributed by atoms with Gasteiger partial charge in [0.15, 0.2) is 5.75 Å². The summed E-state index contributed by atoms with van der Waals surface area (Å²) >= 11 is 0. The maximum Gasteiger partial charge on any atom is 0.368 e. The lowest BCUT2D eigenvalue weighted by molar-refractivity contribution is -0.144. The summed E-state index contributed by atoms with van der Waals surface area (Å²) in [4.78, 5) is 28.8. The second kappa shape index (κ2) is 8.04. The number of para-hydroxylation sites is 1. The lowest BCUT2D eigenvalue weighted by Crippen LogP contribution is -2.32. The number of nitrogens with zero attached hydrogens (tertiary/aromatic N) is 1. The first-order valence-electron chi connectivity index (χ1n) is 6.62. The maximum absolute atomic E-state index is 11.9. The van der Waals surface area contributed by atoms with Crippen LogP contribution in [0.5, 0.6) is 5.75 Å². The first-order valence-corrected chi connectivity index (χ1v) is 6.62. The second-order valence-electron chi connectivity index (χ2n) is 4.75. The highest BCUT2D eigenvalue weighted by molar-refractivity contribution is 6.62. The lowest BCUT2D eigenvalue weighted by atomic mass is 10.3. The molecule has 21 heavy (non-hydrogen) atoms. The largest absolute Gasteiger partial charge is 0.458 e. The summed E-state index contributed by atoms with van der Waals surface area (Å²) in [6, 6.07) is 8.57. The minimum absolute atomic E-state index is 0.383. The summed E-state index contributed by atoms with van der Waals surface area (Å²) in [7, 11) is 0. The van der Waals surface area contributed by atoms with E-state index < -0.39 is 17.7 Å². The number of hydrogen-bond donors (Lipinski definition) is 0. The van der Waals surface area contributed by atoms with Crippen molar-refractivity contribution in [2.45, 2.75) is 39.9 Å². The van der Waals surface area contributed by atoms with Crippen LogP contribution >= 0.6 is 0 Å². The molecule has 0 aromatic heterocycles. The van der Waals surface area contributed by atoms with Crippen molar-refractivity contribution in [2.75, 3.05) is 0 Å². The average molecular weight is 293 g/mol. The SMILES string of the molecule is CC(C)OC(=O)C(=NOc1ccccc1)C(=O)OC(C)C. The predicted molar refractivity (Wildman–Crippen MR) is 77.0 cm³/mol. The Morgan fingerprint density at radius 1 is 0.905 bits per heavy atom. The van der Waals surface area contributed by atoms with E-state index >= 15 is 0 Å². The van der Waals surface area contributed by atoms with E-state index in [9.17, 15) is 9.59 Å². The molecule has 1 aromatic carbocycles. The number of hydrogen-bond acceptors (Lipinski definition) is 6. The molecule has 0 spiro atoms. The van der Waals surface area contributed by atoms with Gasteiger partial charge in [-0.15, -0.1) is 0 Å². The average Bonchev–Trinajstić information content (AvgIpc) is 2.38. The standard InChI is InChI=1S/C15H19NO5/c1-10(2)19-14(17)13(15(18)20-11(3)4)16-21-12-8-6-5-7-9-12/h5-11H,1-4H3. The fraction of sp³-hybridized carbons (Fsp3) is 0.400. The molecule has 1 rings (SSSR count). The Balaban J connectivity index is 2.89. The Morgan fingerprint density at radius 2 is 1.38 bits per heavy atom. The quantitative estimate of drug-likeness (QED) is 0.348. The molecule has 0 aliphatic heterocycles. The molecule has 6 nitrogen and oxygen atoms in total. The van der Waals surface area contributed by atoms with E-state index in [1.807, 2.05) is 0 Å². The van der Waals surface area contributed by atoms with Gasteiger partial charge in [-0.2, -0.15) is 0 Å². The Kier molecular flexibility index (Phi) is 6.39. The van der Waals surface area contributed by atoms with Gasteiger partial charge < -0.3 is 14.3 Å². The molecule has 0 radical (unpaired) electrons. The van der Waals surface area contributed by atoms with Crippen LogP contribution in [0, 0.1) is 0 Å². The fourth-order valence-corrected chi connectivity index (χ4v) is 1.28. The number of rotatable bonds is 6. The van der Waals surface area contributed by atoms with Crippen LogP contribution in [0.25, 0.3) is 0 Å². The van der Waals surface area contributed by atoms with Crippen LogP contribution in [0.15, 0.2) is 35.5 Å². The summed E-state index contributed by atoms with van der Waals surface area (Å²) in [5, 5.41) is 3.57. The molecule has 6 heteroatoms. The minimum atomic E-state index is -0.883. The van der Waals surface area contributed by atoms with Crippen LogP contribution in [-0.4, -0.2) is 29.9 Å². The van der Waals surface area contributed by atoms with Crippen molar-refractivity contribution in [3.63, 3.8) is 0 Å². The zero-order valence-electron chi connectivity index (χ0n) is 12.5. The second-order valence-corrected chi connectivity index (χ2v) is 4.75. The van der Waals surface area contributed by atoms with Crippen LogP contribution in [0.1, 0.15) is 27.7 Å².